The zero-order valence-electron chi connectivity index (χ0n) is 41.2. The van der Waals surface area contributed by atoms with Gasteiger partial charge in [-0.1, -0.05) is 84.9 Å². The molecule has 0 N–H and O–H groups in total. The van der Waals surface area contributed by atoms with Crippen LogP contribution in [-0.2, 0) is 0 Å². The van der Waals surface area contributed by atoms with Crippen LogP contribution < -0.4 is 9.80 Å². The van der Waals surface area contributed by atoms with Crippen molar-refractivity contribution in [2.24, 2.45) is 0 Å². The summed E-state index contributed by atoms with van der Waals surface area (Å²) in [5.74, 6) is 1.89. The van der Waals surface area contributed by atoms with Crippen molar-refractivity contribution in [2.45, 2.75) is 27.7 Å². The number of fused-ring (bicyclic) bond motifs is 1. The first kappa shape index (κ1) is 45.3. The number of benzene rings is 9. The summed E-state index contributed by atoms with van der Waals surface area (Å²) < 4.78 is 12.2. The normalized spacial score (nSPS) is 11.2. The summed E-state index contributed by atoms with van der Waals surface area (Å²) in [6.07, 6.45) is 0. The molecule has 12 aromatic rings. The van der Waals surface area contributed by atoms with Gasteiger partial charge in [-0.25, -0.2) is 9.97 Å². The van der Waals surface area contributed by atoms with Gasteiger partial charge in [0.15, 0.2) is 0 Å². The maximum absolute atomic E-state index is 6.11. The average molecular weight is 961 g/mol. The summed E-state index contributed by atoms with van der Waals surface area (Å²) in [4.78, 5) is 15.1. The van der Waals surface area contributed by atoms with Gasteiger partial charge in [0, 0.05) is 67.5 Å². The molecule has 0 bridgehead atoms. The monoisotopic (exact) mass is 960 g/mol. The van der Waals surface area contributed by atoms with Gasteiger partial charge in [-0.15, -0.1) is 20.4 Å². The Morgan fingerprint density at radius 3 is 0.851 bits per heavy atom. The minimum Gasteiger partial charge on any atom is -0.416 e. The zero-order valence-corrected chi connectivity index (χ0v) is 41.2. The van der Waals surface area contributed by atoms with Gasteiger partial charge in [0.2, 0.25) is 23.6 Å². The van der Waals surface area contributed by atoms with Gasteiger partial charge in [-0.2, -0.15) is 0 Å². The molecule has 0 unspecified atom stereocenters. The summed E-state index contributed by atoms with van der Waals surface area (Å²) in [5, 5.41) is 17.4. The highest BCUT2D eigenvalue weighted by Gasteiger charge is 2.21. The summed E-state index contributed by atoms with van der Waals surface area (Å²) in [6, 6.07) is 74.6. The molecule has 12 rings (SSSR count). The molecular formula is C64H48N8O2. The fourth-order valence-corrected chi connectivity index (χ4v) is 9.57. The molecule has 0 saturated carbocycles. The fraction of sp³-hybridized carbons (Fsp3) is 0.0625. The molecule has 0 aliphatic heterocycles. The lowest BCUT2D eigenvalue weighted by Gasteiger charge is -2.27. The lowest BCUT2D eigenvalue weighted by atomic mass is 10.0. The SMILES string of the molecule is Cc1cc(C)cc(N(c2ccc(-c3nnc(-c4ccccc4)o3)cc2)c2ccc(-c3nc4ccccc4nc3-c3ccc(N(c4ccc(-c5nnc(-c6ccccc6)o5)cc4)c4cc(C)cc(C)c4)cc3)cc2)c1. The van der Waals surface area contributed by atoms with E-state index in [1.165, 1.54) is 22.3 Å². The second-order valence-electron chi connectivity index (χ2n) is 18.5. The van der Waals surface area contributed by atoms with Crippen molar-refractivity contribution in [3.05, 3.63) is 241 Å². The summed E-state index contributed by atoms with van der Waals surface area (Å²) >= 11 is 0. The van der Waals surface area contributed by atoms with Crippen LogP contribution in [0, 0.1) is 27.7 Å². The second-order valence-corrected chi connectivity index (χ2v) is 18.5. The van der Waals surface area contributed by atoms with Gasteiger partial charge in [-0.3, -0.25) is 0 Å². The van der Waals surface area contributed by atoms with Crippen LogP contribution in [0.1, 0.15) is 22.3 Å². The Morgan fingerprint density at radius 2 is 0.541 bits per heavy atom. The fourth-order valence-electron chi connectivity index (χ4n) is 9.57. The first-order valence-corrected chi connectivity index (χ1v) is 24.5. The molecule has 0 atom stereocenters. The van der Waals surface area contributed by atoms with Crippen molar-refractivity contribution in [1.82, 2.24) is 30.4 Å². The molecule has 3 heterocycles. The number of aromatic nitrogens is 6. The number of aryl methyl sites for hydroxylation is 4. The predicted molar refractivity (Wildman–Crippen MR) is 296 cm³/mol. The minimum atomic E-state index is 0.462. The molecule has 0 radical (unpaired) electrons. The van der Waals surface area contributed by atoms with Gasteiger partial charge < -0.3 is 18.6 Å². The van der Waals surface area contributed by atoms with E-state index in [1.54, 1.807) is 0 Å². The van der Waals surface area contributed by atoms with Crippen LogP contribution in [0.3, 0.4) is 0 Å². The maximum Gasteiger partial charge on any atom is 0.248 e. The standard InChI is InChI=1S/C64H48N8O2/c1-41-35-42(2)38-55(37-41)71(53-31-23-49(24-32-53)63-69-67-61(73-63)47-13-7-5-8-14-47)51-27-19-45(20-28-51)59-60(66-58-18-12-11-17-57(58)65-59)46-21-29-52(30-22-46)72(56-39-43(3)36-44(4)40-56)54-33-25-50(26-34-54)64-70-68-62(74-64)48-15-9-6-10-16-48/h5-40H,1-4H3. The summed E-state index contributed by atoms with van der Waals surface area (Å²) in [5.41, 5.74) is 19.3. The number of anilines is 6. The van der Waals surface area contributed by atoms with Crippen molar-refractivity contribution in [2.75, 3.05) is 9.80 Å². The number of hydrogen-bond donors (Lipinski definition) is 0. The topological polar surface area (TPSA) is 110 Å². The third kappa shape index (κ3) is 9.19. The van der Waals surface area contributed by atoms with Gasteiger partial charge in [0.05, 0.1) is 22.4 Å². The highest BCUT2D eigenvalue weighted by atomic mass is 16.4. The Bertz CT molecular complexity index is 3630. The van der Waals surface area contributed by atoms with Crippen LogP contribution in [0.5, 0.6) is 0 Å². The van der Waals surface area contributed by atoms with Crippen molar-refractivity contribution >= 4 is 45.2 Å². The Kier molecular flexibility index (Phi) is 11.9. The van der Waals surface area contributed by atoms with Crippen molar-refractivity contribution in [1.29, 1.82) is 0 Å². The third-order valence-electron chi connectivity index (χ3n) is 12.9. The van der Waals surface area contributed by atoms with Crippen LogP contribution in [0.25, 0.3) is 79.4 Å². The number of hydrogen-bond acceptors (Lipinski definition) is 10. The van der Waals surface area contributed by atoms with Crippen LogP contribution in [0.4, 0.5) is 34.1 Å². The lowest BCUT2D eigenvalue weighted by Crippen LogP contribution is -2.10. The van der Waals surface area contributed by atoms with E-state index in [2.05, 4.69) is 167 Å². The van der Waals surface area contributed by atoms with Crippen LogP contribution >= 0.6 is 0 Å². The largest absolute Gasteiger partial charge is 0.416 e. The quantitative estimate of drug-likeness (QED) is 0.117. The Morgan fingerprint density at radius 1 is 0.270 bits per heavy atom. The van der Waals surface area contributed by atoms with E-state index in [0.717, 1.165) is 89.9 Å². The smallest absolute Gasteiger partial charge is 0.248 e. The number of para-hydroxylation sites is 2. The molecule has 74 heavy (non-hydrogen) atoms. The van der Waals surface area contributed by atoms with Crippen molar-refractivity contribution < 1.29 is 8.83 Å². The maximum atomic E-state index is 6.11. The van der Waals surface area contributed by atoms with Crippen LogP contribution in [-0.4, -0.2) is 30.4 Å². The molecule has 0 aliphatic carbocycles. The van der Waals surface area contributed by atoms with Crippen LogP contribution in [0.15, 0.2) is 227 Å². The molecule has 0 spiro atoms. The van der Waals surface area contributed by atoms with Crippen molar-refractivity contribution in [3.63, 3.8) is 0 Å². The number of nitrogens with zero attached hydrogens (tertiary/aromatic N) is 8. The molecular weight excluding hydrogens is 913 g/mol. The molecule has 10 nitrogen and oxygen atoms in total. The predicted octanol–water partition coefficient (Wildman–Crippen LogP) is 16.6. The Labute approximate surface area is 429 Å². The van der Waals surface area contributed by atoms with E-state index in [4.69, 9.17) is 18.8 Å². The lowest BCUT2D eigenvalue weighted by molar-refractivity contribution is 0.584. The summed E-state index contributed by atoms with van der Waals surface area (Å²) in [7, 11) is 0. The van der Waals surface area contributed by atoms with E-state index in [1.807, 2.05) is 109 Å². The van der Waals surface area contributed by atoms with E-state index >= 15 is 0 Å². The molecule has 0 amide bonds. The first-order chi connectivity index (χ1) is 36.3. The van der Waals surface area contributed by atoms with E-state index in [-0.39, 0.29) is 0 Å². The van der Waals surface area contributed by atoms with E-state index in [0.29, 0.717) is 23.6 Å². The highest BCUT2D eigenvalue weighted by Crippen LogP contribution is 2.41. The second kappa shape index (κ2) is 19.4. The van der Waals surface area contributed by atoms with Crippen molar-refractivity contribution in [3.8, 4) is 68.3 Å². The summed E-state index contributed by atoms with van der Waals surface area (Å²) in [6.45, 7) is 8.52. The van der Waals surface area contributed by atoms with E-state index in [9.17, 15) is 0 Å². The van der Waals surface area contributed by atoms with Crippen LogP contribution in [0.2, 0.25) is 0 Å². The molecule has 3 aromatic heterocycles. The molecule has 10 heteroatoms. The molecule has 0 aliphatic rings. The molecule has 0 fully saturated rings. The van der Waals surface area contributed by atoms with Gasteiger partial charge >= 0.3 is 0 Å². The Balaban J connectivity index is 0.882. The van der Waals surface area contributed by atoms with Gasteiger partial charge in [0.1, 0.15) is 0 Å². The molecule has 0 saturated heterocycles. The first-order valence-electron chi connectivity index (χ1n) is 24.5. The van der Waals surface area contributed by atoms with Gasteiger partial charge in [-0.05, 0) is 183 Å². The third-order valence-corrected chi connectivity index (χ3v) is 12.9. The van der Waals surface area contributed by atoms with E-state index < -0.39 is 0 Å². The minimum absolute atomic E-state index is 0.462. The Hall–Kier alpha value is -9.80. The average Bonchev–Trinajstić information content (AvgIpc) is 4.14. The highest BCUT2D eigenvalue weighted by molar-refractivity contribution is 5.89. The molecule has 356 valence electrons. The zero-order chi connectivity index (χ0) is 50.1. The van der Waals surface area contributed by atoms with Gasteiger partial charge in [0.25, 0.3) is 0 Å². The number of rotatable bonds is 12. The molecule has 9 aromatic carbocycles.